The highest BCUT2D eigenvalue weighted by molar-refractivity contribution is 5.99. The van der Waals surface area contributed by atoms with Gasteiger partial charge in [-0.3, -0.25) is 9.59 Å². The Bertz CT molecular complexity index is 550. The molecule has 1 saturated carbocycles. The van der Waals surface area contributed by atoms with Crippen molar-refractivity contribution in [1.29, 1.82) is 0 Å². The van der Waals surface area contributed by atoms with Crippen molar-refractivity contribution in [2.75, 3.05) is 0 Å². The number of rotatable bonds is 5. The summed E-state index contributed by atoms with van der Waals surface area (Å²) in [5, 5.41) is 3.11. The highest BCUT2D eigenvalue weighted by Crippen LogP contribution is 2.23. The van der Waals surface area contributed by atoms with E-state index in [-0.39, 0.29) is 30.6 Å². The van der Waals surface area contributed by atoms with Crippen molar-refractivity contribution in [3.63, 3.8) is 0 Å². The van der Waals surface area contributed by atoms with E-state index in [0.29, 0.717) is 5.92 Å². The molecule has 2 atom stereocenters. The summed E-state index contributed by atoms with van der Waals surface area (Å²) in [4.78, 5) is 24.4. The van der Waals surface area contributed by atoms with Crippen molar-refractivity contribution in [3.05, 3.63) is 34.9 Å². The van der Waals surface area contributed by atoms with Crippen LogP contribution in [-0.4, -0.2) is 17.7 Å². The lowest BCUT2D eigenvalue weighted by atomic mass is 9.86. The van der Waals surface area contributed by atoms with Gasteiger partial charge in [-0.25, -0.2) is 0 Å². The first-order valence-corrected chi connectivity index (χ1v) is 8.37. The maximum Gasteiger partial charge on any atom is 0.220 e. The van der Waals surface area contributed by atoms with Crippen LogP contribution in [0.4, 0.5) is 0 Å². The second kappa shape index (κ2) is 7.57. The van der Waals surface area contributed by atoms with Crippen LogP contribution in [0, 0.1) is 19.8 Å². The lowest BCUT2D eigenvalue weighted by molar-refractivity contribution is -0.122. The first-order valence-electron chi connectivity index (χ1n) is 8.37. The number of carbonyl (C=O) groups excluding carboxylic acids is 2. The van der Waals surface area contributed by atoms with Gasteiger partial charge in [-0.15, -0.1) is 0 Å². The minimum absolute atomic E-state index is 0.0115. The van der Waals surface area contributed by atoms with Gasteiger partial charge >= 0.3 is 0 Å². The SMILES string of the molecule is Cc1ccc(C)c(C(=O)CCC(=O)NC2CCCCC2C)c1. The normalized spacial score (nSPS) is 21.4. The maximum absolute atomic E-state index is 12.3. The number of carbonyl (C=O) groups is 2. The molecule has 1 aliphatic rings. The molecule has 0 saturated heterocycles. The summed E-state index contributed by atoms with van der Waals surface area (Å²) in [6.45, 7) is 6.12. The standard InChI is InChI=1S/C19H27NO2/c1-13-8-9-14(2)16(12-13)18(21)10-11-19(22)20-17-7-5-4-6-15(17)3/h8-9,12,15,17H,4-7,10-11H2,1-3H3,(H,20,22). The van der Waals surface area contributed by atoms with E-state index in [1.165, 1.54) is 19.3 Å². The molecule has 3 nitrogen and oxygen atoms in total. The summed E-state index contributed by atoms with van der Waals surface area (Å²) in [6, 6.07) is 6.17. The van der Waals surface area contributed by atoms with Gasteiger partial charge in [0.25, 0.3) is 0 Å². The fourth-order valence-corrected chi connectivity index (χ4v) is 3.21. The van der Waals surface area contributed by atoms with Gasteiger partial charge in [0.05, 0.1) is 0 Å². The minimum Gasteiger partial charge on any atom is -0.353 e. The van der Waals surface area contributed by atoms with Crippen LogP contribution < -0.4 is 5.32 Å². The fraction of sp³-hybridized carbons (Fsp3) is 0.579. The number of ketones is 1. The minimum atomic E-state index is 0.0115. The molecule has 1 aromatic carbocycles. The maximum atomic E-state index is 12.3. The number of nitrogens with one attached hydrogen (secondary N) is 1. The molecule has 2 rings (SSSR count). The average molecular weight is 301 g/mol. The lowest BCUT2D eigenvalue weighted by Gasteiger charge is -2.29. The average Bonchev–Trinajstić information content (AvgIpc) is 2.49. The second-order valence-corrected chi connectivity index (χ2v) is 6.68. The van der Waals surface area contributed by atoms with Gasteiger partial charge in [0.15, 0.2) is 5.78 Å². The molecular weight excluding hydrogens is 274 g/mol. The monoisotopic (exact) mass is 301 g/mol. The second-order valence-electron chi connectivity index (χ2n) is 6.68. The van der Waals surface area contributed by atoms with Crippen molar-refractivity contribution < 1.29 is 9.59 Å². The molecule has 22 heavy (non-hydrogen) atoms. The zero-order valence-corrected chi connectivity index (χ0v) is 13.9. The third kappa shape index (κ3) is 4.43. The quantitative estimate of drug-likeness (QED) is 0.837. The van der Waals surface area contributed by atoms with Crippen LogP contribution in [0.5, 0.6) is 0 Å². The van der Waals surface area contributed by atoms with E-state index in [2.05, 4.69) is 12.2 Å². The van der Waals surface area contributed by atoms with Crippen molar-refractivity contribution in [1.82, 2.24) is 5.32 Å². The summed E-state index contributed by atoms with van der Waals surface area (Å²) in [6.07, 6.45) is 5.28. The van der Waals surface area contributed by atoms with Crippen molar-refractivity contribution >= 4 is 11.7 Å². The van der Waals surface area contributed by atoms with E-state index in [9.17, 15) is 9.59 Å². The van der Waals surface area contributed by atoms with Gasteiger partial charge in [0.1, 0.15) is 0 Å². The van der Waals surface area contributed by atoms with E-state index >= 15 is 0 Å². The number of amides is 1. The molecule has 0 spiro atoms. The third-order valence-electron chi connectivity index (χ3n) is 4.73. The topological polar surface area (TPSA) is 46.2 Å². The summed E-state index contributed by atoms with van der Waals surface area (Å²) in [7, 11) is 0. The van der Waals surface area contributed by atoms with Crippen molar-refractivity contribution in [2.45, 2.75) is 65.3 Å². The molecule has 0 heterocycles. The van der Waals surface area contributed by atoms with Gasteiger partial charge in [0, 0.05) is 24.4 Å². The van der Waals surface area contributed by atoms with Crippen LogP contribution in [0.3, 0.4) is 0 Å². The first-order chi connectivity index (χ1) is 10.5. The predicted octanol–water partition coefficient (Wildman–Crippen LogP) is 3.96. The van der Waals surface area contributed by atoms with E-state index in [1.54, 1.807) is 0 Å². The molecule has 3 heteroatoms. The van der Waals surface area contributed by atoms with Crippen molar-refractivity contribution in [3.8, 4) is 0 Å². The number of hydrogen-bond donors (Lipinski definition) is 1. The zero-order chi connectivity index (χ0) is 16.1. The highest BCUT2D eigenvalue weighted by Gasteiger charge is 2.23. The Labute approximate surface area is 133 Å². The van der Waals surface area contributed by atoms with Crippen LogP contribution in [0.25, 0.3) is 0 Å². The summed E-state index contributed by atoms with van der Waals surface area (Å²) in [5.74, 6) is 0.623. The number of Topliss-reactive ketones (excluding diaryl/α,β-unsaturated/α-hetero) is 1. The van der Waals surface area contributed by atoms with Crippen LogP contribution in [0.15, 0.2) is 18.2 Å². The Hall–Kier alpha value is -1.64. The van der Waals surface area contributed by atoms with Crippen LogP contribution in [0.1, 0.15) is 66.9 Å². The molecule has 1 aromatic rings. The van der Waals surface area contributed by atoms with Crippen LogP contribution in [-0.2, 0) is 4.79 Å². The molecule has 1 aliphatic carbocycles. The van der Waals surface area contributed by atoms with Gasteiger partial charge in [-0.2, -0.15) is 0 Å². The molecule has 120 valence electrons. The van der Waals surface area contributed by atoms with E-state index in [1.807, 2.05) is 32.0 Å². The van der Waals surface area contributed by atoms with E-state index in [0.717, 1.165) is 23.1 Å². The predicted molar refractivity (Wildman–Crippen MR) is 89.0 cm³/mol. The number of benzene rings is 1. The molecule has 0 radical (unpaired) electrons. The van der Waals surface area contributed by atoms with Gasteiger partial charge in [-0.05, 0) is 44.2 Å². The molecule has 2 unspecified atom stereocenters. The molecule has 0 bridgehead atoms. The molecule has 0 aliphatic heterocycles. The smallest absolute Gasteiger partial charge is 0.220 e. The first kappa shape index (κ1) is 16.7. The summed E-state index contributed by atoms with van der Waals surface area (Å²) < 4.78 is 0. The van der Waals surface area contributed by atoms with E-state index < -0.39 is 0 Å². The Morgan fingerprint density at radius 3 is 2.59 bits per heavy atom. The molecule has 0 aromatic heterocycles. The van der Waals surface area contributed by atoms with Crippen LogP contribution in [0.2, 0.25) is 0 Å². The largest absolute Gasteiger partial charge is 0.353 e. The Kier molecular flexibility index (Phi) is 5.76. The molecule has 1 fully saturated rings. The Morgan fingerprint density at radius 1 is 1.14 bits per heavy atom. The third-order valence-corrected chi connectivity index (χ3v) is 4.73. The highest BCUT2D eigenvalue weighted by atomic mass is 16.2. The molecule has 1 N–H and O–H groups in total. The van der Waals surface area contributed by atoms with Crippen LogP contribution >= 0.6 is 0 Å². The fourth-order valence-electron chi connectivity index (χ4n) is 3.21. The van der Waals surface area contributed by atoms with Gasteiger partial charge < -0.3 is 5.32 Å². The Morgan fingerprint density at radius 2 is 1.86 bits per heavy atom. The van der Waals surface area contributed by atoms with E-state index in [4.69, 9.17) is 0 Å². The van der Waals surface area contributed by atoms with Gasteiger partial charge in [0.2, 0.25) is 5.91 Å². The summed E-state index contributed by atoms with van der Waals surface area (Å²) in [5.41, 5.74) is 2.81. The molecule has 1 amide bonds. The van der Waals surface area contributed by atoms with Crippen molar-refractivity contribution in [2.24, 2.45) is 5.92 Å². The Balaban J connectivity index is 1.85. The molecular formula is C19H27NO2. The summed E-state index contributed by atoms with van der Waals surface area (Å²) >= 11 is 0. The van der Waals surface area contributed by atoms with Gasteiger partial charge in [-0.1, -0.05) is 37.5 Å². The number of hydrogen-bond acceptors (Lipinski definition) is 2. The zero-order valence-electron chi connectivity index (χ0n) is 13.9. The number of aryl methyl sites for hydroxylation is 2. The lowest BCUT2D eigenvalue weighted by Crippen LogP contribution is -2.41.